The molecule has 2 aromatic rings. The highest BCUT2D eigenvalue weighted by Gasteiger charge is 2.17. The van der Waals surface area contributed by atoms with Gasteiger partial charge in [0.15, 0.2) is 6.61 Å². The molecule has 2 rings (SSSR count). The normalized spacial score (nSPS) is 12.7. The number of carbonyl (C=O) groups is 1. The number of nitrogens with one attached hydrogen (secondary N) is 1. The zero-order valence-electron chi connectivity index (χ0n) is 14.2. The van der Waals surface area contributed by atoms with Crippen LogP contribution in [0.1, 0.15) is 18.1 Å². The molecule has 0 spiro atoms. The minimum absolute atomic E-state index is 0.00332. The fourth-order valence-corrected chi connectivity index (χ4v) is 2.44. The van der Waals surface area contributed by atoms with Gasteiger partial charge in [0.1, 0.15) is 11.8 Å². The van der Waals surface area contributed by atoms with Crippen molar-refractivity contribution in [1.82, 2.24) is 5.32 Å². The zero-order chi connectivity index (χ0) is 18.1. The van der Waals surface area contributed by atoms with Gasteiger partial charge in [0.05, 0.1) is 18.6 Å². The van der Waals surface area contributed by atoms with E-state index in [1.165, 1.54) is 0 Å². The topological polar surface area (TPSA) is 82.3 Å². The molecule has 0 bridgehead atoms. The number of hydrogen-bond donors (Lipinski definition) is 2. The molecule has 130 valence electrons. The Bertz CT molecular complexity index is 708. The third-order valence-electron chi connectivity index (χ3n) is 3.84. The van der Waals surface area contributed by atoms with Crippen LogP contribution in [0.15, 0.2) is 54.6 Å². The van der Waals surface area contributed by atoms with Crippen molar-refractivity contribution in [3.63, 3.8) is 0 Å². The SMILES string of the molecule is CC(NC(=O)Cc1ccc(OCC#N)cc1)C(O)Cc1ccccc1. The van der Waals surface area contributed by atoms with Crippen molar-refractivity contribution in [1.29, 1.82) is 5.26 Å². The van der Waals surface area contributed by atoms with Crippen molar-refractivity contribution in [3.05, 3.63) is 65.7 Å². The van der Waals surface area contributed by atoms with Crippen LogP contribution in [-0.2, 0) is 17.6 Å². The van der Waals surface area contributed by atoms with Crippen LogP contribution in [-0.4, -0.2) is 29.8 Å². The molecule has 0 aromatic heterocycles. The lowest BCUT2D eigenvalue weighted by Gasteiger charge is -2.20. The van der Waals surface area contributed by atoms with E-state index in [1.54, 1.807) is 31.2 Å². The van der Waals surface area contributed by atoms with Crippen LogP contribution in [0.4, 0.5) is 0 Å². The minimum Gasteiger partial charge on any atom is -0.479 e. The summed E-state index contributed by atoms with van der Waals surface area (Å²) in [4.78, 5) is 12.1. The maximum Gasteiger partial charge on any atom is 0.224 e. The van der Waals surface area contributed by atoms with Gasteiger partial charge in [-0.3, -0.25) is 4.79 Å². The quantitative estimate of drug-likeness (QED) is 0.773. The Balaban J connectivity index is 1.81. The molecule has 5 heteroatoms. The second-order valence-electron chi connectivity index (χ2n) is 5.88. The first-order chi connectivity index (χ1) is 12.1. The van der Waals surface area contributed by atoms with Gasteiger partial charge in [0, 0.05) is 6.42 Å². The summed E-state index contributed by atoms with van der Waals surface area (Å²) in [6.45, 7) is 1.79. The zero-order valence-corrected chi connectivity index (χ0v) is 14.2. The summed E-state index contributed by atoms with van der Waals surface area (Å²) in [5.41, 5.74) is 1.87. The number of amides is 1. The van der Waals surface area contributed by atoms with Crippen LogP contribution in [0.5, 0.6) is 5.75 Å². The van der Waals surface area contributed by atoms with Crippen LogP contribution < -0.4 is 10.1 Å². The van der Waals surface area contributed by atoms with Crippen molar-refractivity contribution in [3.8, 4) is 11.8 Å². The fraction of sp³-hybridized carbons (Fsp3) is 0.300. The predicted molar refractivity (Wildman–Crippen MR) is 95.0 cm³/mol. The molecule has 0 saturated carbocycles. The number of benzene rings is 2. The van der Waals surface area contributed by atoms with Gasteiger partial charge in [-0.1, -0.05) is 42.5 Å². The Labute approximate surface area is 147 Å². The van der Waals surface area contributed by atoms with Crippen molar-refractivity contribution < 1.29 is 14.6 Å². The first-order valence-electron chi connectivity index (χ1n) is 8.18. The molecule has 0 fully saturated rings. The molecule has 0 aliphatic rings. The van der Waals surface area contributed by atoms with Crippen LogP contribution >= 0.6 is 0 Å². The van der Waals surface area contributed by atoms with Crippen molar-refractivity contribution in [2.45, 2.75) is 31.9 Å². The Hall–Kier alpha value is -2.84. The molecule has 0 aliphatic carbocycles. The molecule has 2 unspecified atom stereocenters. The predicted octanol–water partition coefficient (Wildman–Crippen LogP) is 2.24. The van der Waals surface area contributed by atoms with E-state index < -0.39 is 6.10 Å². The average Bonchev–Trinajstić information content (AvgIpc) is 2.62. The molecular weight excluding hydrogens is 316 g/mol. The molecular formula is C20H22N2O3. The van der Waals surface area contributed by atoms with Crippen LogP contribution in [0.3, 0.4) is 0 Å². The van der Waals surface area contributed by atoms with Gasteiger partial charge in [-0.25, -0.2) is 0 Å². The molecule has 0 radical (unpaired) electrons. The number of aliphatic hydroxyl groups is 1. The Morgan fingerprint density at radius 1 is 1.16 bits per heavy atom. The number of aliphatic hydroxyl groups excluding tert-OH is 1. The number of hydrogen-bond acceptors (Lipinski definition) is 4. The van der Waals surface area contributed by atoms with Gasteiger partial charge in [0.25, 0.3) is 0 Å². The van der Waals surface area contributed by atoms with Gasteiger partial charge in [-0.05, 0) is 30.2 Å². The summed E-state index contributed by atoms with van der Waals surface area (Å²) in [5, 5.41) is 21.6. The Kier molecular flexibility index (Phi) is 7.00. The van der Waals surface area contributed by atoms with Gasteiger partial charge < -0.3 is 15.2 Å². The third kappa shape index (κ3) is 6.28. The van der Waals surface area contributed by atoms with Gasteiger partial charge in [-0.15, -0.1) is 0 Å². The monoisotopic (exact) mass is 338 g/mol. The lowest BCUT2D eigenvalue weighted by atomic mass is 10.0. The van der Waals surface area contributed by atoms with E-state index in [2.05, 4.69) is 5.32 Å². The lowest BCUT2D eigenvalue weighted by molar-refractivity contribution is -0.121. The lowest BCUT2D eigenvalue weighted by Crippen LogP contribution is -2.42. The van der Waals surface area contributed by atoms with E-state index in [0.717, 1.165) is 11.1 Å². The maximum atomic E-state index is 12.1. The van der Waals surface area contributed by atoms with Crippen LogP contribution in [0, 0.1) is 11.3 Å². The van der Waals surface area contributed by atoms with Gasteiger partial charge in [-0.2, -0.15) is 5.26 Å². The van der Waals surface area contributed by atoms with E-state index >= 15 is 0 Å². The molecule has 0 saturated heterocycles. The first kappa shape index (κ1) is 18.5. The molecule has 25 heavy (non-hydrogen) atoms. The van der Waals surface area contributed by atoms with Crippen molar-refractivity contribution in [2.24, 2.45) is 0 Å². The number of carbonyl (C=O) groups excluding carboxylic acids is 1. The second kappa shape index (κ2) is 9.45. The van der Waals surface area contributed by atoms with Crippen LogP contribution in [0.25, 0.3) is 0 Å². The van der Waals surface area contributed by atoms with E-state index in [-0.39, 0.29) is 25.0 Å². The van der Waals surface area contributed by atoms with Gasteiger partial charge in [0.2, 0.25) is 5.91 Å². The molecule has 2 aromatic carbocycles. The van der Waals surface area contributed by atoms with E-state index in [9.17, 15) is 9.90 Å². The first-order valence-corrected chi connectivity index (χ1v) is 8.18. The average molecular weight is 338 g/mol. The fourth-order valence-electron chi connectivity index (χ4n) is 2.44. The van der Waals surface area contributed by atoms with Crippen molar-refractivity contribution in [2.75, 3.05) is 6.61 Å². The minimum atomic E-state index is -0.645. The Morgan fingerprint density at radius 3 is 2.48 bits per heavy atom. The smallest absolute Gasteiger partial charge is 0.224 e. The standard InChI is InChI=1S/C20H22N2O3/c1-15(19(23)13-16-5-3-2-4-6-16)22-20(24)14-17-7-9-18(10-8-17)25-12-11-21/h2-10,15,19,23H,12-14H2,1H3,(H,22,24). The number of ether oxygens (including phenoxy) is 1. The van der Waals surface area contributed by atoms with Crippen molar-refractivity contribution >= 4 is 5.91 Å². The molecule has 2 atom stereocenters. The largest absolute Gasteiger partial charge is 0.479 e. The summed E-state index contributed by atoms with van der Waals surface area (Å²) in [6, 6.07) is 18.3. The molecule has 5 nitrogen and oxygen atoms in total. The Morgan fingerprint density at radius 2 is 1.84 bits per heavy atom. The number of nitrogens with zero attached hydrogens (tertiary/aromatic N) is 1. The summed E-state index contributed by atoms with van der Waals surface area (Å²) in [6.07, 6.45) is 0.0711. The highest BCUT2D eigenvalue weighted by atomic mass is 16.5. The molecule has 0 aliphatic heterocycles. The van der Waals surface area contributed by atoms with E-state index in [1.807, 2.05) is 36.4 Å². The third-order valence-corrected chi connectivity index (χ3v) is 3.84. The van der Waals surface area contributed by atoms with E-state index in [4.69, 9.17) is 10.00 Å². The van der Waals surface area contributed by atoms with E-state index in [0.29, 0.717) is 12.2 Å². The summed E-state index contributed by atoms with van der Waals surface area (Å²) in [5.74, 6) is 0.447. The summed E-state index contributed by atoms with van der Waals surface area (Å²) in [7, 11) is 0. The number of rotatable bonds is 8. The summed E-state index contributed by atoms with van der Waals surface area (Å²) < 4.78 is 5.17. The summed E-state index contributed by atoms with van der Waals surface area (Å²) >= 11 is 0. The molecule has 0 heterocycles. The van der Waals surface area contributed by atoms with Gasteiger partial charge >= 0.3 is 0 Å². The highest BCUT2D eigenvalue weighted by Crippen LogP contribution is 2.13. The maximum absolute atomic E-state index is 12.1. The van der Waals surface area contributed by atoms with Crippen LogP contribution in [0.2, 0.25) is 0 Å². The highest BCUT2D eigenvalue weighted by molar-refractivity contribution is 5.78. The second-order valence-corrected chi connectivity index (χ2v) is 5.88. The number of nitriles is 1. The molecule has 2 N–H and O–H groups in total. The molecule has 1 amide bonds.